The zero-order chi connectivity index (χ0) is 21.7. The fourth-order valence-electron chi connectivity index (χ4n) is 4.23. The van der Waals surface area contributed by atoms with Crippen LogP contribution in [0.5, 0.6) is 5.75 Å². The van der Waals surface area contributed by atoms with Crippen molar-refractivity contribution >= 4 is 21.8 Å². The van der Waals surface area contributed by atoms with Gasteiger partial charge in [-0.2, -0.15) is 13.2 Å². The minimum Gasteiger partial charge on any atom is -0.487 e. The van der Waals surface area contributed by atoms with Crippen molar-refractivity contribution in [3.63, 3.8) is 0 Å². The average Bonchev–Trinajstić information content (AvgIpc) is 2.65. The molecule has 2 aromatic carbocycles. The van der Waals surface area contributed by atoms with Crippen molar-refractivity contribution in [1.82, 2.24) is 4.90 Å². The highest BCUT2D eigenvalue weighted by Gasteiger charge is 2.50. The fourth-order valence-corrected chi connectivity index (χ4v) is 4.59. The van der Waals surface area contributed by atoms with Gasteiger partial charge in [0.2, 0.25) is 5.91 Å². The minimum atomic E-state index is -4.39. The normalized spacial score (nSPS) is 23.3. The molecule has 8 heteroatoms. The van der Waals surface area contributed by atoms with Crippen LogP contribution in [0.2, 0.25) is 0 Å². The lowest BCUT2D eigenvalue weighted by molar-refractivity contribution is -0.181. The summed E-state index contributed by atoms with van der Waals surface area (Å²) in [4.78, 5) is 14.2. The number of nitrogens with zero attached hydrogens (tertiary/aromatic N) is 1. The Hall–Kier alpha value is -2.06. The second-order valence-corrected chi connectivity index (χ2v) is 9.32. The van der Waals surface area contributed by atoms with Gasteiger partial charge in [0, 0.05) is 23.0 Å². The molecule has 2 aliphatic rings. The van der Waals surface area contributed by atoms with E-state index in [1.807, 2.05) is 32.0 Å². The third-order valence-electron chi connectivity index (χ3n) is 5.46. The van der Waals surface area contributed by atoms with Crippen LogP contribution in [0.25, 0.3) is 0 Å². The summed E-state index contributed by atoms with van der Waals surface area (Å²) in [5, 5.41) is 0. The Morgan fingerprint density at radius 2 is 1.83 bits per heavy atom. The molecule has 1 saturated heterocycles. The number of hydrogen-bond acceptors (Lipinski definition) is 3. The van der Waals surface area contributed by atoms with E-state index in [9.17, 15) is 18.0 Å². The van der Waals surface area contributed by atoms with Gasteiger partial charge in [-0.15, -0.1) is 0 Å². The quantitative estimate of drug-likeness (QED) is 0.582. The molecule has 0 aromatic heterocycles. The van der Waals surface area contributed by atoms with Gasteiger partial charge in [-0.1, -0.05) is 28.1 Å². The smallest absolute Gasteiger partial charge is 0.416 e. The van der Waals surface area contributed by atoms with Crippen molar-refractivity contribution in [2.75, 3.05) is 13.2 Å². The third-order valence-corrected chi connectivity index (χ3v) is 5.95. The molecular formula is C22H21BrF3NO3. The van der Waals surface area contributed by atoms with E-state index >= 15 is 0 Å². The van der Waals surface area contributed by atoms with E-state index in [2.05, 4.69) is 15.9 Å². The molecule has 2 aliphatic heterocycles. The molecule has 1 amide bonds. The van der Waals surface area contributed by atoms with Crippen LogP contribution in [-0.2, 0) is 27.9 Å². The number of hydrogen-bond donors (Lipinski definition) is 0. The Kier molecular flexibility index (Phi) is 5.13. The van der Waals surface area contributed by atoms with Crippen LogP contribution < -0.4 is 4.74 Å². The first-order valence-electron chi connectivity index (χ1n) is 9.54. The SMILES string of the molecule is CC1(C)CC2(CN(Cc3ccc(C(F)(F)F)cc3)C(=O)CO2)c2cc(Br)ccc2O1. The minimum absolute atomic E-state index is 0.0946. The van der Waals surface area contributed by atoms with E-state index in [0.717, 1.165) is 22.2 Å². The molecule has 1 atom stereocenters. The van der Waals surface area contributed by atoms with E-state index in [4.69, 9.17) is 9.47 Å². The van der Waals surface area contributed by atoms with E-state index in [1.54, 1.807) is 4.90 Å². The fraction of sp³-hybridized carbons (Fsp3) is 0.409. The number of benzene rings is 2. The van der Waals surface area contributed by atoms with E-state index in [1.165, 1.54) is 12.1 Å². The Balaban J connectivity index is 1.63. The first kappa shape index (κ1) is 21.2. The third kappa shape index (κ3) is 4.07. The van der Waals surface area contributed by atoms with E-state index in [-0.39, 0.29) is 19.1 Å². The predicted molar refractivity (Wildman–Crippen MR) is 108 cm³/mol. The highest BCUT2D eigenvalue weighted by Crippen LogP contribution is 2.48. The van der Waals surface area contributed by atoms with Gasteiger partial charge in [0.05, 0.1) is 12.1 Å². The second-order valence-electron chi connectivity index (χ2n) is 8.41. The van der Waals surface area contributed by atoms with Crippen LogP contribution >= 0.6 is 15.9 Å². The number of rotatable bonds is 2. The summed E-state index contributed by atoms with van der Waals surface area (Å²) in [6, 6.07) is 10.6. The monoisotopic (exact) mass is 483 g/mol. The number of morpholine rings is 1. The number of amides is 1. The van der Waals surface area contributed by atoms with Crippen LogP contribution in [0, 0.1) is 0 Å². The van der Waals surface area contributed by atoms with Crippen molar-refractivity contribution in [1.29, 1.82) is 0 Å². The van der Waals surface area contributed by atoms with Gasteiger partial charge >= 0.3 is 6.18 Å². The highest BCUT2D eigenvalue weighted by molar-refractivity contribution is 9.10. The molecule has 1 unspecified atom stereocenters. The molecule has 30 heavy (non-hydrogen) atoms. The van der Waals surface area contributed by atoms with Crippen LogP contribution in [0.4, 0.5) is 13.2 Å². The largest absolute Gasteiger partial charge is 0.487 e. The van der Waals surface area contributed by atoms with E-state index < -0.39 is 22.9 Å². The number of fused-ring (bicyclic) bond motifs is 2. The zero-order valence-corrected chi connectivity index (χ0v) is 18.1. The summed E-state index contributed by atoms with van der Waals surface area (Å²) in [5.41, 5.74) is -0.460. The number of halogens is 4. The molecule has 2 heterocycles. The Bertz CT molecular complexity index is 975. The van der Waals surface area contributed by atoms with Gasteiger partial charge in [-0.3, -0.25) is 4.79 Å². The maximum absolute atomic E-state index is 12.8. The van der Waals surface area contributed by atoms with Crippen LogP contribution in [0.15, 0.2) is 46.9 Å². The molecule has 0 N–H and O–H groups in total. The Morgan fingerprint density at radius 1 is 1.13 bits per heavy atom. The number of alkyl halides is 3. The van der Waals surface area contributed by atoms with Crippen LogP contribution in [-0.4, -0.2) is 29.6 Å². The van der Waals surface area contributed by atoms with Gasteiger partial charge in [-0.25, -0.2) is 0 Å². The predicted octanol–water partition coefficient (Wildman–Crippen LogP) is 5.28. The average molecular weight is 484 g/mol. The standard InChI is InChI=1S/C22H21BrF3NO3/c1-20(2)12-21(17-9-16(23)7-8-18(17)30-20)13-27(19(28)11-29-21)10-14-3-5-15(6-4-14)22(24,25)26/h3-9H,10-13H2,1-2H3. The highest BCUT2D eigenvalue weighted by atomic mass is 79.9. The van der Waals surface area contributed by atoms with Crippen LogP contribution in [0.1, 0.15) is 37.0 Å². The van der Waals surface area contributed by atoms with Crippen molar-refractivity contribution in [2.24, 2.45) is 0 Å². The lowest BCUT2D eigenvalue weighted by Crippen LogP contribution is -2.57. The van der Waals surface area contributed by atoms with E-state index in [0.29, 0.717) is 24.3 Å². The van der Waals surface area contributed by atoms with Crippen molar-refractivity contribution in [3.05, 3.63) is 63.6 Å². The number of carbonyl (C=O) groups excluding carboxylic acids is 1. The van der Waals surface area contributed by atoms with Gasteiger partial charge in [0.25, 0.3) is 0 Å². The van der Waals surface area contributed by atoms with Gasteiger partial charge in [0.15, 0.2) is 0 Å². The molecule has 0 bridgehead atoms. The molecule has 0 radical (unpaired) electrons. The molecule has 1 spiro atoms. The summed E-state index contributed by atoms with van der Waals surface area (Å²) < 4.78 is 51.6. The van der Waals surface area contributed by atoms with Gasteiger partial charge in [0.1, 0.15) is 23.6 Å². The summed E-state index contributed by atoms with van der Waals surface area (Å²) in [5.74, 6) is 0.514. The van der Waals surface area contributed by atoms with Gasteiger partial charge < -0.3 is 14.4 Å². The summed E-state index contributed by atoms with van der Waals surface area (Å²) in [7, 11) is 0. The molecule has 4 nitrogen and oxygen atoms in total. The molecule has 0 saturated carbocycles. The summed E-state index contributed by atoms with van der Waals surface area (Å²) in [6.45, 7) is 4.36. The molecule has 1 fully saturated rings. The van der Waals surface area contributed by atoms with Crippen molar-refractivity contribution in [2.45, 2.75) is 44.2 Å². The molecule has 0 aliphatic carbocycles. The molecule has 160 valence electrons. The van der Waals surface area contributed by atoms with Gasteiger partial charge in [-0.05, 0) is 49.7 Å². The van der Waals surface area contributed by atoms with Crippen LogP contribution in [0.3, 0.4) is 0 Å². The lowest BCUT2D eigenvalue weighted by Gasteiger charge is -2.50. The maximum Gasteiger partial charge on any atom is 0.416 e. The van der Waals surface area contributed by atoms with Crippen molar-refractivity contribution < 1.29 is 27.4 Å². The Labute approximate surface area is 181 Å². The maximum atomic E-state index is 12.8. The topological polar surface area (TPSA) is 38.8 Å². The zero-order valence-electron chi connectivity index (χ0n) is 16.6. The second kappa shape index (κ2) is 7.27. The lowest BCUT2D eigenvalue weighted by atomic mass is 9.79. The summed E-state index contributed by atoms with van der Waals surface area (Å²) in [6.07, 6.45) is -3.84. The Morgan fingerprint density at radius 3 is 2.50 bits per heavy atom. The number of ether oxygens (including phenoxy) is 2. The molecule has 4 rings (SSSR count). The first-order valence-corrected chi connectivity index (χ1v) is 10.3. The number of carbonyl (C=O) groups is 1. The molecule has 2 aromatic rings. The summed E-state index contributed by atoms with van der Waals surface area (Å²) >= 11 is 3.49. The first-order chi connectivity index (χ1) is 14.0. The van der Waals surface area contributed by atoms with Crippen molar-refractivity contribution in [3.8, 4) is 5.75 Å². The molecular weight excluding hydrogens is 463 g/mol.